The Hall–Kier alpha value is -0.570. The molecule has 0 heterocycles. The van der Waals surface area contributed by atoms with Gasteiger partial charge in [-0.15, -0.1) is 0 Å². The number of carbonyl (C=O) groups is 1. The SMILES string of the molecule is CC(C)CCOC(=O)C(C)(C)CO. The molecule has 0 bridgehead atoms. The van der Waals surface area contributed by atoms with Crippen molar-refractivity contribution in [2.24, 2.45) is 11.3 Å². The van der Waals surface area contributed by atoms with Crippen LogP contribution in [0.1, 0.15) is 34.1 Å². The van der Waals surface area contributed by atoms with Crippen LogP contribution >= 0.6 is 0 Å². The van der Waals surface area contributed by atoms with Crippen LogP contribution in [0.25, 0.3) is 0 Å². The third-order valence-electron chi connectivity index (χ3n) is 1.88. The zero-order valence-corrected chi connectivity index (χ0v) is 8.96. The fourth-order valence-corrected chi connectivity index (χ4v) is 0.647. The Labute approximate surface area is 80.1 Å². The van der Waals surface area contributed by atoms with Crippen LogP contribution in [0.4, 0.5) is 0 Å². The lowest BCUT2D eigenvalue weighted by molar-refractivity contribution is -0.156. The van der Waals surface area contributed by atoms with Crippen LogP contribution in [-0.2, 0) is 9.53 Å². The molecule has 0 unspecified atom stereocenters. The van der Waals surface area contributed by atoms with Crippen molar-refractivity contribution in [3.63, 3.8) is 0 Å². The lowest BCUT2D eigenvalue weighted by Gasteiger charge is -2.19. The van der Waals surface area contributed by atoms with E-state index in [1.165, 1.54) is 0 Å². The number of aliphatic hydroxyl groups is 1. The Morgan fingerprint density at radius 3 is 2.38 bits per heavy atom. The normalized spacial score (nSPS) is 11.8. The molecule has 78 valence electrons. The lowest BCUT2D eigenvalue weighted by atomic mass is 9.95. The van der Waals surface area contributed by atoms with Crippen LogP contribution in [0.5, 0.6) is 0 Å². The number of ether oxygens (including phenoxy) is 1. The summed E-state index contributed by atoms with van der Waals surface area (Å²) in [5.74, 6) is 0.209. The number of hydrogen-bond donors (Lipinski definition) is 1. The smallest absolute Gasteiger partial charge is 0.313 e. The van der Waals surface area contributed by atoms with Crippen molar-refractivity contribution < 1.29 is 14.6 Å². The summed E-state index contributed by atoms with van der Waals surface area (Å²) in [5.41, 5.74) is -0.767. The number of aliphatic hydroxyl groups excluding tert-OH is 1. The van der Waals surface area contributed by atoms with Crippen molar-refractivity contribution in [2.75, 3.05) is 13.2 Å². The number of hydrogen-bond acceptors (Lipinski definition) is 3. The quantitative estimate of drug-likeness (QED) is 0.666. The van der Waals surface area contributed by atoms with Crippen LogP contribution in [0.15, 0.2) is 0 Å². The molecule has 0 rings (SSSR count). The first kappa shape index (κ1) is 12.4. The molecule has 0 aliphatic heterocycles. The molecule has 0 saturated heterocycles. The summed E-state index contributed by atoms with van der Waals surface area (Å²) in [6.07, 6.45) is 0.868. The molecule has 3 nitrogen and oxygen atoms in total. The van der Waals surface area contributed by atoms with Crippen molar-refractivity contribution in [2.45, 2.75) is 34.1 Å². The van der Waals surface area contributed by atoms with Gasteiger partial charge in [-0.2, -0.15) is 0 Å². The fourth-order valence-electron chi connectivity index (χ4n) is 0.647. The van der Waals surface area contributed by atoms with E-state index in [4.69, 9.17) is 9.84 Å². The third-order valence-corrected chi connectivity index (χ3v) is 1.88. The Morgan fingerprint density at radius 1 is 1.46 bits per heavy atom. The Kier molecular flexibility index (Phi) is 4.99. The van der Waals surface area contributed by atoms with Crippen molar-refractivity contribution in [3.05, 3.63) is 0 Å². The summed E-state index contributed by atoms with van der Waals surface area (Å²) in [4.78, 5) is 11.3. The summed E-state index contributed by atoms with van der Waals surface area (Å²) in [6, 6.07) is 0. The van der Waals surface area contributed by atoms with Crippen molar-refractivity contribution in [1.82, 2.24) is 0 Å². The maximum absolute atomic E-state index is 11.3. The number of esters is 1. The van der Waals surface area contributed by atoms with E-state index in [0.717, 1.165) is 6.42 Å². The van der Waals surface area contributed by atoms with Gasteiger partial charge in [-0.05, 0) is 26.2 Å². The van der Waals surface area contributed by atoms with Crippen LogP contribution in [0, 0.1) is 11.3 Å². The summed E-state index contributed by atoms with van der Waals surface area (Å²) < 4.78 is 5.01. The van der Waals surface area contributed by atoms with Crippen molar-refractivity contribution >= 4 is 5.97 Å². The second-order valence-electron chi connectivity index (χ2n) is 4.36. The minimum atomic E-state index is -0.767. The second kappa shape index (κ2) is 5.22. The average molecular weight is 188 g/mol. The summed E-state index contributed by atoms with van der Waals surface area (Å²) in [6.45, 7) is 7.76. The molecule has 0 aromatic carbocycles. The molecular formula is C10H20O3. The fraction of sp³-hybridized carbons (Fsp3) is 0.900. The molecule has 0 radical (unpaired) electrons. The van der Waals surface area contributed by atoms with Gasteiger partial charge in [0, 0.05) is 0 Å². The molecule has 0 aliphatic carbocycles. The van der Waals surface area contributed by atoms with Gasteiger partial charge in [0.1, 0.15) is 0 Å². The third kappa shape index (κ3) is 4.88. The van der Waals surface area contributed by atoms with Gasteiger partial charge in [0.15, 0.2) is 0 Å². The van der Waals surface area contributed by atoms with Gasteiger partial charge in [-0.25, -0.2) is 0 Å². The van der Waals surface area contributed by atoms with Gasteiger partial charge < -0.3 is 9.84 Å². The molecule has 0 spiro atoms. The van der Waals surface area contributed by atoms with Crippen molar-refractivity contribution in [3.8, 4) is 0 Å². The van der Waals surface area contributed by atoms with E-state index in [2.05, 4.69) is 13.8 Å². The predicted octanol–water partition coefficient (Wildman–Crippen LogP) is 1.59. The lowest BCUT2D eigenvalue weighted by Crippen LogP contribution is -2.30. The molecule has 0 atom stereocenters. The molecule has 0 fully saturated rings. The highest BCUT2D eigenvalue weighted by Gasteiger charge is 2.28. The highest BCUT2D eigenvalue weighted by Crippen LogP contribution is 2.16. The minimum absolute atomic E-state index is 0.173. The molecular weight excluding hydrogens is 168 g/mol. The van der Waals surface area contributed by atoms with E-state index in [1.54, 1.807) is 13.8 Å². The number of rotatable bonds is 5. The largest absolute Gasteiger partial charge is 0.465 e. The summed E-state index contributed by atoms with van der Waals surface area (Å²) in [5, 5.41) is 8.87. The van der Waals surface area contributed by atoms with Gasteiger partial charge in [0.25, 0.3) is 0 Å². The van der Waals surface area contributed by atoms with E-state index >= 15 is 0 Å². The average Bonchev–Trinajstić information content (AvgIpc) is 2.03. The number of carbonyl (C=O) groups excluding carboxylic acids is 1. The summed E-state index contributed by atoms with van der Waals surface area (Å²) >= 11 is 0. The maximum Gasteiger partial charge on any atom is 0.313 e. The molecule has 13 heavy (non-hydrogen) atoms. The predicted molar refractivity (Wildman–Crippen MR) is 51.3 cm³/mol. The van der Waals surface area contributed by atoms with Crippen LogP contribution < -0.4 is 0 Å². The van der Waals surface area contributed by atoms with E-state index in [0.29, 0.717) is 12.5 Å². The zero-order chi connectivity index (χ0) is 10.5. The van der Waals surface area contributed by atoms with E-state index in [1.807, 2.05) is 0 Å². The molecule has 0 aliphatic rings. The molecule has 0 aromatic rings. The van der Waals surface area contributed by atoms with Crippen LogP contribution in [0.2, 0.25) is 0 Å². The first-order chi connectivity index (χ1) is 5.90. The molecule has 0 amide bonds. The van der Waals surface area contributed by atoms with Gasteiger partial charge in [0.05, 0.1) is 18.6 Å². The highest BCUT2D eigenvalue weighted by molar-refractivity contribution is 5.75. The summed E-state index contributed by atoms with van der Waals surface area (Å²) in [7, 11) is 0. The van der Waals surface area contributed by atoms with E-state index in [-0.39, 0.29) is 12.6 Å². The minimum Gasteiger partial charge on any atom is -0.465 e. The van der Waals surface area contributed by atoms with E-state index in [9.17, 15) is 4.79 Å². The standard InChI is InChI=1S/C10H20O3/c1-8(2)5-6-13-9(12)10(3,4)7-11/h8,11H,5-7H2,1-4H3. The van der Waals surface area contributed by atoms with Crippen LogP contribution in [-0.4, -0.2) is 24.3 Å². The van der Waals surface area contributed by atoms with Crippen LogP contribution in [0.3, 0.4) is 0 Å². The highest BCUT2D eigenvalue weighted by atomic mass is 16.5. The molecule has 3 heteroatoms. The Balaban J connectivity index is 3.75. The Bertz CT molecular complexity index is 162. The maximum atomic E-state index is 11.3. The monoisotopic (exact) mass is 188 g/mol. The van der Waals surface area contributed by atoms with Gasteiger partial charge in [-0.1, -0.05) is 13.8 Å². The second-order valence-corrected chi connectivity index (χ2v) is 4.36. The first-order valence-corrected chi connectivity index (χ1v) is 4.68. The first-order valence-electron chi connectivity index (χ1n) is 4.68. The van der Waals surface area contributed by atoms with E-state index < -0.39 is 5.41 Å². The molecule has 1 N–H and O–H groups in total. The zero-order valence-electron chi connectivity index (χ0n) is 8.96. The topological polar surface area (TPSA) is 46.5 Å². The molecule has 0 saturated carbocycles. The van der Waals surface area contributed by atoms with Gasteiger partial charge >= 0.3 is 5.97 Å². The Morgan fingerprint density at radius 2 is 2.00 bits per heavy atom. The molecule has 0 aromatic heterocycles. The van der Waals surface area contributed by atoms with Gasteiger partial charge in [-0.3, -0.25) is 4.79 Å². The van der Waals surface area contributed by atoms with Gasteiger partial charge in [0.2, 0.25) is 0 Å². The van der Waals surface area contributed by atoms with Crippen molar-refractivity contribution in [1.29, 1.82) is 0 Å².